The van der Waals surface area contributed by atoms with E-state index in [0.29, 0.717) is 0 Å². The third kappa shape index (κ3) is 4.94. The molecule has 0 radical (unpaired) electrons. The number of aliphatic hydroxyl groups is 4. The van der Waals surface area contributed by atoms with Crippen LogP contribution in [-0.2, 0) is 19.4 Å². The van der Waals surface area contributed by atoms with Crippen molar-refractivity contribution in [1.82, 2.24) is 0 Å². The lowest BCUT2D eigenvalue weighted by atomic mass is 10.1. The Balaban J connectivity index is 4.87. The minimum absolute atomic E-state index is 0.967. The van der Waals surface area contributed by atoms with E-state index in [-0.39, 0.29) is 0 Å². The van der Waals surface area contributed by atoms with Gasteiger partial charge in [0.05, 0.1) is 6.61 Å². The van der Waals surface area contributed by atoms with Crippen LogP contribution in [0.5, 0.6) is 0 Å². The molecular formula is C6H12O9S. The third-order valence-electron chi connectivity index (χ3n) is 1.59. The zero-order valence-corrected chi connectivity index (χ0v) is 8.74. The Morgan fingerprint density at radius 2 is 1.75 bits per heavy atom. The topological polar surface area (TPSA) is 162 Å². The first-order valence-electron chi connectivity index (χ1n) is 3.99. The summed E-state index contributed by atoms with van der Waals surface area (Å²) >= 11 is 0. The van der Waals surface area contributed by atoms with Gasteiger partial charge in [0.1, 0.15) is 18.8 Å². The van der Waals surface area contributed by atoms with Crippen molar-refractivity contribution in [3.8, 4) is 0 Å². The first-order valence-corrected chi connectivity index (χ1v) is 5.35. The van der Waals surface area contributed by atoms with E-state index in [1.165, 1.54) is 0 Å². The molecule has 0 saturated carbocycles. The molecule has 0 amide bonds. The van der Waals surface area contributed by atoms with Crippen LogP contribution in [0.4, 0.5) is 0 Å². The molecule has 0 aliphatic rings. The minimum Gasteiger partial charge on any atom is -0.394 e. The summed E-state index contributed by atoms with van der Waals surface area (Å²) in [6, 6.07) is 0. The molecule has 0 spiro atoms. The van der Waals surface area contributed by atoms with Crippen molar-refractivity contribution in [2.24, 2.45) is 0 Å². The van der Waals surface area contributed by atoms with Gasteiger partial charge in [-0.25, -0.2) is 4.18 Å². The van der Waals surface area contributed by atoms with Crippen LogP contribution in [0.1, 0.15) is 0 Å². The number of rotatable bonds is 7. The van der Waals surface area contributed by atoms with Crippen LogP contribution in [-0.4, -0.2) is 70.7 Å². The molecule has 0 aliphatic heterocycles. The van der Waals surface area contributed by atoms with Crippen molar-refractivity contribution in [3.63, 3.8) is 0 Å². The smallest absolute Gasteiger partial charge is 0.394 e. The quantitative estimate of drug-likeness (QED) is 0.292. The lowest BCUT2D eigenvalue weighted by Crippen LogP contribution is -2.47. The van der Waals surface area contributed by atoms with Crippen molar-refractivity contribution in [2.45, 2.75) is 18.3 Å². The zero-order valence-electron chi connectivity index (χ0n) is 7.92. The van der Waals surface area contributed by atoms with Crippen LogP contribution in [0.25, 0.3) is 0 Å². The molecular weight excluding hydrogens is 248 g/mol. The highest BCUT2D eigenvalue weighted by atomic mass is 32.3. The molecule has 0 rings (SSSR count). The maximum Gasteiger partial charge on any atom is 0.398 e. The predicted molar refractivity (Wildman–Crippen MR) is 47.6 cm³/mol. The SMILES string of the molecule is O=C(CO)[C@@H](OS(=O)(=O)O)[C@@H](O)[C@H](O)CO. The van der Waals surface area contributed by atoms with E-state index >= 15 is 0 Å². The molecule has 0 fully saturated rings. The van der Waals surface area contributed by atoms with Gasteiger partial charge in [-0.1, -0.05) is 0 Å². The summed E-state index contributed by atoms with van der Waals surface area (Å²) < 4.78 is 32.7. The van der Waals surface area contributed by atoms with Crippen molar-refractivity contribution < 1.29 is 42.4 Å². The molecule has 0 aromatic heterocycles. The largest absolute Gasteiger partial charge is 0.398 e. The molecule has 0 heterocycles. The van der Waals surface area contributed by atoms with Crippen LogP contribution in [0, 0.1) is 0 Å². The number of carbonyl (C=O) groups excluding carboxylic acids is 1. The van der Waals surface area contributed by atoms with Crippen LogP contribution < -0.4 is 0 Å². The first-order chi connectivity index (χ1) is 7.22. The van der Waals surface area contributed by atoms with Gasteiger partial charge in [0.15, 0.2) is 11.9 Å². The number of ketones is 1. The third-order valence-corrected chi connectivity index (χ3v) is 2.04. The molecule has 9 nitrogen and oxygen atoms in total. The maximum absolute atomic E-state index is 10.9. The molecule has 3 atom stereocenters. The number of Topliss-reactive ketones (excluding diaryl/α,β-unsaturated/α-hetero) is 1. The molecule has 0 aromatic rings. The average Bonchev–Trinajstić information content (AvgIpc) is 2.21. The fourth-order valence-electron chi connectivity index (χ4n) is 0.832. The summed E-state index contributed by atoms with van der Waals surface area (Å²) in [4.78, 5) is 10.9. The summed E-state index contributed by atoms with van der Waals surface area (Å²) in [6.07, 6.45) is -6.16. The van der Waals surface area contributed by atoms with Gasteiger partial charge >= 0.3 is 10.4 Å². The van der Waals surface area contributed by atoms with Gasteiger partial charge in [-0.05, 0) is 0 Å². The van der Waals surface area contributed by atoms with Crippen LogP contribution in [0.3, 0.4) is 0 Å². The Morgan fingerprint density at radius 1 is 1.25 bits per heavy atom. The van der Waals surface area contributed by atoms with Crippen LogP contribution >= 0.6 is 0 Å². The highest BCUT2D eigenvalue weighted by Crippen LogP contribution is 2.09. The van der Waals surface area contributed by atoms with Gasteiger partial charge in [0.25, 0.3) is 0 Å². The summed E-state index contributed by atoms with van der Waals surface area (Å²) in [6.45, 7) is -2.14. The van der Waals surface area contributed by atoms with Gasteiger partial charge in [-0.2, -0.15) is 8.42 Å². The lowest BCUT2D eigenvalue weighted by molar-refractivity contribution is -0.140. The monoisotopic (exact) mass is 260 g/mol. The second-order valence-electron chi connectivity index (χ2n) is 2.81. The summed E-state index contributed by atoms with van der Waals surface area (Å²) in [7, 11) is -5.05. The highest BCUT2D eigenvalue weighted by Gasteiger charge is 2.35. The average molecular weight is 260 g/mol. The summed E-state index contributed by atoms with van der Waals surface area (Å²) in [5.74, 6) is -1.28. The zero-order chi connectivity index (χ0) is 12.9. The first kappa shape index (κ1) is 15.4. The Bertz CT molecular complexity index is 323. The lowest BCUT2D eigenvalue weighted by Gasteiger charge is -2.22. The van der Waals surface area contributed by atoms with Crippen molar-refractivity contribution >= 4 is 16.2 Å². The number of hydrogen-bond acceptors (Lipinski definition) is 8. The Kier molecular flexibility index (Phi) is 5.96. The predicted octanol–water partition coefficient (Wildman–Crippen LogP) is -3.55. The van der Waals surface area contributed by atoms with Gasteiger partial charge in [-0.3, -0.25) is 9.35 Å². The molecule has 96 valence electrons. The molecule has 0 aliphatic carbocycles. The fraction of sp³-hybridized carbons (Fsp3) is 0.833. The molecule has 0 bridgehead atoms. The van der Waals surface area contributed by atoms with Crippen molar-refractivity contribution in [1.29, 1.82) is 0 Å². The molecule has 0 unspecified atom stereocenters. The van der Waals surface area contributed by atoms with Crippen LogP contribution in [0.2, 0.25) is 0 Å². The molecule has 0 saturated heterocycles. The number of carbonyl (C=O) groups is 1. The van der Waals surface area contributed by atoms with E-state index in [1.807, 2.05) is 0 Å². The minimum atomic E-state index is -5.05. The van der Waals surface area contributed by atoms with E-state index in [4.69, 9.17) is 19.9 Å². The Morgan fingerprint density at radius 3 is 2.06 bits per heavy atom. The fourth-order valence-corrected chi connectivity index (χ4v) is 1.31. The standard InChI is InChI=1S/C6H12O9S/c7-1-3(9)5(11)6(4(10)2-8)15-16(12,13)14/h3,5-9,11H,1-2H2,(H,12,13,14)/t3-,5+,6-/m1/s1. The molecule has 5 N–H and O–H groups in total. The number of hydrogen-bond donors (Lipinski definition) is 5. The molecule has 16 heavy (non-hydrogen) atoms. The van der Waals surface area contributed by atoms with E-state index in [0.717, 1.165) is 0 Å². The molecule has 0 aromatic carbocycles. The maximum atomic E-state index is 10.9. The second kappa shape index (κ2) is 6.20. The second-order valence-corrected chi connectivity index (χ2v) is 3.86. The highest BCUT2D eigenvalue weighted by molar-refractivity contribution is 7.80. The normalized spacial score (nSPS) is 17.8. The van der Waals surface area contributed by atoms with Gasteiger partial charge < -0.3 is 20.4 Å². The van der Waals surface area contributed by atoms with Crippen LogP contribution in [0.15, 0.2) is 0 Å². The summed E-state index contributed by atoms with van der Waals surface area (Å²) in [5, 5.41) is 35.0. The Labute approximate surface area is 90.9 Å². The van der Waals surface area contributed by atoms with E-state index in [1.54, 1.807) is 0 Å². The Hall–Kier alpha value is -0.620. The van der Waals surface area contributed by atoms with E-state index < -0.39 is 47.7 Å². The van der Waals surface area contributed by atoms with E-state index in [2.05, 4.69) is 4.18 Å². The van der Waals surface area contributed by atoms with Gasteiger partial charge in [0, 0.05) is 0 Å². The van der Waals surface area contributed by atoms with E-state index in [9.17, 15) is 18.3 Å². The number of aliphatic hydroxyl groups excluding tert-OH is 4. The summed E-state index contributed by atoms with van der Waals surface area (Å²) in [5.41, 5.74) is 0. The van der Waals surface area contributed by atoms with Gasteiger partial charge in [-0.15, -0.1) is 0 Å². The van der Waals surface area contributed by atoms with Crippen molar-refractivity contribution in [2.75, 3.05) is 13.2 Å². The molecule has 10 heteroatoms. The van der Waals surface area contributed by atoms with Crippen molar-refractivity contribution in [3.05, 3.63) is 0 Å². The van der Waals surface area contributed by atoms with Gasteiger partial charge in [0.2, 0.25) is 0 Å².